The molecular formula is C30H35F3N6O3. The van der Waals surface area contributed by atoms with E-state index in [4.69, 9.17) is 17.2 Å². The van der Waals surface area contributed by atoms with Crippen LogP contribution in [0.15, 0.2) is 78.9 Å². The molecule has 3 aromatic rings. The van der Waals surface area contributed by atoms with E-state index in [-0.39, 0.29) is 37.5 Å². The van der Waals surface area contributed by atoms with Crippen LogP contribution in [0.2, 0.25) is 0 Å². The van der Waals surface area contributed by atoms with Crippen molar-refractivity contribution in [2.45, 2.75) is 37.5 Å². The highest BCUT2D eigenvalue weighted by atomic mass is 19.4. The van der Waals surface area contributed by atoms with Crippen LogP contribution < -0.4 is 32.7 Å². The number of anilines is 2. The predicted octanol–water partition coefficient (Wildman–Crippen LogP) is 2.58. The fourth-order valence-electron chi connectivity index (χ4n) is 4.30. The Morgan fingerprint density at radius 2 is 1.55 bits per heavy atom. The zero-order valence-electron chi connectivity index (χ0n) is 22.9. The first kappa shape index (κ1) is 32.3. The summed E-state index contributed by atoms with van der Waals surface area (Å²) in [5, 5.41) is 5.14. The van der Waals surface area contributed by atoms with Crippen molar-refractivity contribution < 1.29 is 27.6 Å². The number of hydrogen-bond acceptors (Lipinski definition) is 6. The maximum Gasteiger partial charge on any atom is 0.416 e. The minimum absolute atomic E-state index is 0.0463. The first-order chi connectivity index (χ1) is 20.0. The zero-order valence-corrected chi connectivity index (χ0v) is 22.9. The van der Waals surface area contributed by atoms with E-state index in [2.05, 4.69) is 10.6 Å². The van der Waals surface area contributed by atoms with Gasteiger partial charge in [0.2, 0.25) is 17.7 Å². The Kier molecular flexibility index (Phi) is 11.6. The van der Waals surface area contributed by atoms with E-state index in [1.807, 2.05) is 30.3 Å². The number of rotatable bonds is 13. The quantitative estimate of drug-likeness (QED) is 0.208. The van der Waals surface area contributed by atoms with Crippen LogP contribution in [0.5, 0.6) is 0 Å². The summed E-state index contributed by atoms with van der Waals surface area (Å²) in [6.07, 6.45) is -3.82. The molecule has 0 bridgehead atoms. The maximum absolute atomic E-state index is 13.1. The normalized spacial score (nSPS) is 12.7. The molecule has 0 radical (unpaired) electrons. The van der Waals surface area contributed by atoms with Crippen molar-refractivity contribution in [3.8, 4) is 0 Å². The smallest absolute Gasteiger partial charge is 0.343 e. The number of nitrogens with one attached hydrogen (secondary N) is 2. The minimum atomic E-state index is -4.57. The van der Waals surface area contributed by atoms with Gasteiger partial charge in [0, 0.05) is 24.5 Å². The van der Waals surface area contributed by atoms with E-state index in [0.717, 1.165) is 17.7 Å². The first-order valence-electron chi connectivity index (χ1n) is 13.4. The van der Waals surface area contributed by atoms with Gasteiger partial charge in [-0.15, -0.1) is 0 Å². The largest absolute Gasteiger partial charge is 0.416 e. The molecule has 3 amide bonds. The molecule has 2 atom stereocenters. The molecule has 224 valence electrons. The third-order valence-corrected chi connectivity index (χ3v) is 6.52. The van der Waals surface area contributed by atoms with Crippen LogP contribution in [-0.4, -0.2) is 49.4 Å². The number of benzene rings is 3. The Hall–Kier alpha value is -4.26. The van der Waals surface area contributed by atoms with Gasteiger partial charge in [0.15, 0.2) is 0 Å². The van der Waals surface area contributed by atoms with Crippen molar-refractivity contribution in [3.63, 3.8) is 0 Å². The second kappa shape index (κ2) is 15.1. The third kappa shape index (κ3) is 9.40. The van der Waals surface area contributed by atoms with Crippen LogP contribution in [-0.2, 0) is 33.4 Å². The highest BCUT2D eigenvalue weighted by Gasteiger charge is 2.31. The summed E-state index contributed by atoms with van der Waals surface area (Å²) in [7, 11) is 0. The van der Waals surface area contributed by atoms with Crippen LogP contribution in [0.25, 0.3) is 0 Å². The maximum atomic E-state index is 13.1. The lowest BCUT2D eigenvalue weighted by Crippen LogP contribution is -2.50. The van der Waals surface area contributed by atoms with E-state index in [1.54, 1.807) is 24.3 Å². The number of nitrogens with two attached hydrogens (primary N) is 3. The number of halogens is 3. The second-order valence-electron chi connectivity index (χ2n) is 9.67. The topological polar surface area (TPSA) is 157 Å². The molecule has 0 aliphatic carbocycles. The second-order valence-corrected chi connectivity index (χ2v) is 9.67. The average Bonchev–Trinajstić information content (AvgIpc) is 2.98. The molecule has 0 aliphatic rings. The minimum Gasteiger partial charge on any atom is -0.343 e. The van der Waals surface area contributed by atoms with Gasteiger partial charge in [0.05, 0.1) is 18.2 Å². The summed E-state index contributed by atoms with van der Waals surface area (Å²) in [5.74, 6) is -1.55. The SMILES string of the molecule is NCCN(C(=O)CN)c1ccc(CC(N)C(=O)NC(CCc2ccccc2)C(=O)Nc2cccc(C(F)(F)F)c2)cc1. The van der Waals surface area contributed by atoms with Gasteiger partial charge >= 0.3 is 6.18 Å². The standard InChI is InChI=1S/C30H35F3N6O3/c31-30(32,33)22-7-4-8-23(18-22)37-29(42)26(14-11-20-5-2-1-3-6-20)38-28(41)25(36)17-21-9-12-24(13-10-21)39(16-15-34)27(40)19-35/h1-10,12-13,18,25-26H,11,14-17,19,34-36H2,(H,37,42)(H,38,41). The number of carbonyl (C=O) groups excluding carboxylic acids is 3. The van der Waals surface area contributed by atoms with E-state index >= 15 is 0 Å². The first-order valence-corrected chi connectivity index (χ1v) is 13.4. The summed E-state index contributed by atoms with van der Waals surface area (Å²) in [6.45, 7) is 0.384. The van der Waals surface area contributed by atoms with Crippen molar-refractivity contribution in [2.75, 3.05) is 29.9 Å². The molecule has 3 aromatic carbocycles. The summed E-state index contributed by atoms with van der Waals surface area (Å²) in [6, 6.07) is 18.3. The molecule has 0 saturated carbocycles. The van der Waals surface area contributed by atoms with Crippen LogP contribution in [0.3, 0.4) is 0 Å². The van der Waals surface area contributed by atoms with Crippen LogP contribution in [0.1, 0.15) is 23.1 Å². The molecular weight excluding hydrogens is 549 g/mol. The molecule has 0 saturated heterocycles. The lowest BCUT2D eigenvalue weighted by atomic mass is 10.0. The molecule has 12 heteroatoms. The summed E-state index contributed by atoms with van der Waals surface area (Å²) in [4.78, 5) is 39.8. The Bertz CT molecular complexity index is 1340. The highest BCUT2D eigenvalue weighted by molar-refractivity contribution is 5.98. The predicted molar refractivity (Wildman–Crippen MR) is 155 cm³/mol. The number of nitrogens with zero attached hydrogens (tertiary/aromatic N) is 1. The van der Waals surface area contributed by atoms with E-state index in [0.29, 0.717) is 24.2 Å². The van der Waals surface area contributed by atoms with Crippen LogP contribution in [0.4, 0.5) is 24.5 Å². The van der Waals surface area contributed by atoms with Crippen LogP contribution >= 0.6 is 0 Å². The van der Waals surface area contributed by atoms with Crippen molar-refractivity contribution in [1.82, 2.24) is 5.32 Å². The van der Waals surface area contributed by atoms with E-state index in [1.165, 1.54) is 17.0 Å². The van der Waals surface area contributed by atoms with Crippen molar-refractivity contribution >= 4 is 29.1 Å². The van der Waals surface area contributed by atoms with Gasteiger partial charge in [-0.3, -0.25) is 14.4 Å². The zero-order chi connectivity index (χ0) is 30.7. The number of amides is 3. The van der Waals surface area contributed by atoms with Crippen molar-refractivity contribution in [1.29, 1.82) is 0 Å². The molecule has 0 fully saturated rings. The van der Waals surface area contributed by atoms with Gasteiger partial charge < -0.3 is 32.7 Å². The molecule has 42 heavy (non-hydrogen) atoms. The number of aryl methyl sites for hydroxylation is 1. The number of carbonyl (C=O) groups is 3. The summed E-state index contributed by atoms with van der Waals surface area (Å²) >= 11 is 0. The molecule has 0 aromatic heterocycles. The molecule has 9 nitrogen and oxygen atoms in total. The molecule has 3 rings (SSSR count). The Morgan fingerprint density at radius 1 is 0.857 bits per heavy atom. The molecule has 8 N–H and O–H groups in total. The Labute approximate surface area is 242 Å². The lowest BCUT2D eigenvalue weighted by molar-refractivity contribution is -0.137. The van der Waals surface area contributed by atoms with Gasteiger partial charge in [-0.05, 0) is 60.7 Å². The van der Waals surface area contributed by atoms with Gasteiger partial charge in [0.1, 0.15) is 6.04 Å². The molecule has 0 spiro atoms. The third-order valence-electron chi connectivity index (χ3n) is 6.52. The van der Waals surface area contributed by atoms with Crippen molar-refractivity contribution in [3.05, 3.63) is 95.6 Å². The monoisotopic (exact) mass is 584 g/mol. The van der Waals surface area contributed by atoms with Gasteiger partial charge in [-0.1, -0.05) is 48.5 Å². The highest BCUT2D eigenvalue weighted by Crippen LogP contribution is 2.30. The van der Waals surface area contributed by atoms with Gasteiger partial charge in [0.25, 0.3) is 0 Å². The van der Waals surface area contributed by atoms with Crippen molar-refractivity contribution in [2.24, 2.45) is 17.2 Å². The molecule has 2 unspecified atom stereocenters. The molecule has 0 aliphatic heterocycles. The lowest BCUT2D eigenvalue weighted by Gasteiger charge is -2.22. The van der Waals surface area contributed by atoms with Gasteiger partial charge in [-0.25, -0.2) is 0 Å². The number of hydrogen-bond donors (Lipinski definition) is 5. The summed E-state index contributed by atoms with van der Waals surface area (Å²) < 4.78 is 39.4. The van der Waals surface area contributed by atoms with E-state index < -0.39 is 35.6 Å². The fraction of sp³-hybridized carbons (Fsp3) is 0.300. The van der Waals surface area contributed by atoms with E-state index in [9.17, 15) is 27.6 Å². The Morgan fingerprint density at radius 3 is 2.17 bits per heavy atom. The van der Waals surface area contributed by atoms with Crippen LogP contribution in [0, 0.1) is 0 Å². The number of alkyl halides is 3. The average molecular weight is 585 g/mol. The molecule has 0 heterocycles. The fourth-order valence-corrected chi connectivity index (χ4v) is 4.30. The van der Waals surface area contributed by atoms with Gasteiger partial charge in [-0.2, -0.15) is 13.2 Å². The Balaban J connectivity index is 1.70. The summed E-state index contributed by atoms with van der Waals surface area (Å²) in [5.41, 5.74) is 18.5.